The maximum atomic E-state index is 11.7. The summed E-state index contributed by atoms with van der Waals surface area (Å²) in [5, 5.41) is 2.76. The van der Waals surface area contributed by atoms with Crippen LogP contribution in [0.1, 0.15) is 11.1 Å². The zero-order chi connectivity index (χ0) is 13.7. The Morgan fingerprint density at radius 2 is 1.78 bits per heavy atom. The van der Waals surface area contributed by atoms with E-state index in [2.05, 4.69) is 5.32 Å². The number of alkyl halides is 1. The third-order valence-corrected chi connectivity index (χ3v) is 2.65. The molecule has 0 saturated heterocycles. The standard InChI is InChI=1S/C13H17ClN2O2/c1-9-4-10(2)6-11(5-9)15-12(17)8-16(3)13(18)7-14/h4-6H,7-8H2,1-3H3,(H,15,17). The molecule has 0 unspecified atom stereocenters. The lowest BCUT2D eigenvalue weighted by Gasteiger charge is -2.15. The number of carbonyl (C=O) groups is 2. The lowest BCUT2D eigenvalue weighted by Crippen LogP contribution is -2.35. The second-order valence-corrected chi connectivity index (χ2v) is 4.58. The average molecular weight is 269 g/mol. The summed E-state index contributed by atoms with van der Waals surface area (Å²) in [6.07, 6.45) is 0. The summed E-state index contributed by atoms with van der Waals surface area (Å²) in [5.74, 6) is -0.624. The number of likely N-dealkylation sites (N-methyl/N-ethyl adjacent to an activating group) is 1. The van der Waals surface area contributed by atoms with E-state index in [-0.39, 0.29) is 24.2 Å². The molecule has 0 radical (unpaired) electrons. The van der Waals surface area contributed by atoms with E-state index in [0.29, 0.717) is 0 Å². The number of amides is 2. The van der Waals surface area contributed by atoms with Crippen molar-refractivity contribution in [1.29, 1.82) is 0 Å². The monoisotopic (exact) mass is 268 g/mol. The van der Waals surface area contributed by atoms with Gasteiger partial charge in [0.1, 0.15) is 5.88 Å². The van der Waals surface area contributed by atoms with Crippen LogP contribution in [-0.4, -0.2) is 36.2 Å². The molecule has 0 aliphatic rings. The Kier molecular flexibility index (Phi) is 5.16. The first-order valence-corrected chi connectivity index (χ1v) is 6.14. The highest BCUT2D eigenvalue weighted by molar-refractivity contribution is 6.27. The molecule has 5 heteroatoms. The summed E-state index contributed by atoms with van der Waals surface area (Å²) in [6.45, 7) is 3.93. The van der Waals surface area contributed by atoms with E-state index in [1.54, 1.807) is 7.05 Å². The van der Waals surface area contributed by atoms with Crippen molar-refractivity contribution < 1.29 is 9.59 Å². The van der Waals surface area contributed by atoms with Gasteiger partial charge >= 0.3 is 0 Å². The van der Waals surface area contributed by atoms with Crippen LogP contribution in [0.15, 0.2) is 18.2 Å². The molecule has 1 aromatic carbocycles. The van der Waals surface area contributed by atoms with Crippen LogP contribution in [0.4, 0.5) is 5.69 Å². The van der Waals surface area contributed by atoms with Crippen LogP contribution in [0.25, 0.3) is 0 Å². The molecule has 0 aliphatic heterocycles. The lowest BCUT2D eigenvalue weighted by molar-refractivity contribution is -0.131. The molecular formula is C13H17ClN2O2. The molecule has 2 amide bonds. The van der Waals surface area contributed by atoms with Crippen molar-refractivity contribution in [1.82, 2.24) is 4.90 Å². The second kappa shape index (κ2) is 6.40. The molecule has 0 saturated carbocycles. The van der Waals surface area contributed by atoms with Crippen LogP contribution < -0.4 is 5.32 Å². The zero-order valence-corrected chi connectivity index (χ0v) is 11.5. The minimum Gasteiger partial charge on any atom is -0.335 e. The maximum absolute atomic E-state index is 11.7. The smallest absolute Gasteiger partial charge is 0.243 e. The molecule has 18 heavy (non-hydrogen) atoms. The van der Waals surface area contributed by atoms with E-state index in [9.17, 15) is 9.59 Å². The van der Waals surface area contributed by atoms with Gasteiger partial charge in [-0.2, -0.15) is 0 Å². The molecule has 98 valence electrons. The Balaban J connectivity index is 2.62. The van der Waals surface area contributed by atoms with Gasteiger partial charge in [0.05, 0.1) is 6.54 Å². The lowest BCUT2D eigenvalue weighted by atomic mass is 10.1. The molecule has 0 bridgehead atoms. The third-order valence-electron chi connectivity index (χ3n) is 2.43. The largest absolute Gasteiger partial charge is 0.335 e. The first-order chi connectivity index (χ1) is 8.42. The third kappa shape index (κ3) is 4.37. The van der Waals surface area contributed by atoms with Crippen molar-refractivity contribution >= 4 is 29.1 Å². The fourth-order valence-electron chi connectivity index (χ4n) is 1.65. The number of rotatable bonds is 4. The number of benzene rings is 1. The van der Waals surface area contributed by atoms with E-state index < -0.39 is 0 Å². The van der Waals surface area contributed by atoms with Crippen LogP contribution in [0.2, 0.25) is 0 Å². The Bertz CT molecular complexity index is 440. The fraction of sp³-hybridized carbons (Fsp3) is 0.385. The van der Waals surface area contributed by atoms with Crippen molar-refractivity contribution in [2.75, 3.05) is 24.8 Å². The highest BCUT2D eigenvalue weighted by Crippen LogP contribution is 2.13. The summed E-state index contributed by atoms with van der Waals surface area (Å²) in [7, 11) is 1.55. The molecule has 1 rings (SSSR count). The van der Waals surface area contributed by atoms with Crippen LogP contribution in [0.3, 0.4) is 0 Å². The van der Waals surface area contributed by atoms with Gasteiger partial charge in [0, 0.05) is 12.7 Å². The average Bonchev–Trinajstić information content (AvgIpc) is 2.25. The first kappa shape index (κ1) is 14.5. The van der Waals surface area contributed by atoms with Gasteiger partial charge in [0.25, 0.3) is 0 Å². The van der Waals surface area contributed by atoms with Crippen LogP contribution >= 0.6 is 11.6 Å². The predicted octanol–water partition coefficient (Wildman–Crippen LogP) is 1.94. The Morgan fingerprint density at radius 1 is 1.22 bits per heavy atom. The summed E-state index contributed by atoms with van der Waals surface area (Å²) >= 11 is 5.41. The van der Waals surface area contributed by atoms with Crippen molar-refractivity contribution in [3.63, 3.8) is 0 Å². The number of nitrogens with zero attached hydrogens (tertiary/aromatic N) is 1. The second-order valence-electron chi connectivity index (χ2n) is 4.31. The highest BCUT2D eigenvalue weighted by Gasteiger charge is 2.11. The summed E-state index contributed by atoms with van der Waals surface area (Å²) in [5.41, 5.74) is 2.90. The summed E-state index contributed by atoms with van der Waals surface area (Å²) < 4.78 is 0. The van der Waals surface area contributed by atoms with E-state index in [4.69, 9.17) is 11.6 Å². The molecule has 4 nitrogen and oxygen atoms in total. The van der Waals surface area contributed by atoms with Gasteiger partial charge in [-0.1, -0.05) is 6.07 Å². The number of halogens is 1. The Hall–Kier alpha value is -1.55. The number of carbonyl (C=O) groups excluding carboxylic acids is 2. The van der Waals surface area contributed by atoms with E-state index >= 15 is 0 Å². The maximum Gasteiger partial charge on any atom is 0.243 e. The van der Waals surface area contributed by atoms with Crippen molar-refractivity contribution in [2.24, 2.45) is 0 Å². The quantitative estimate of drug-likeness (QED) is 0.849. The SMILES string of the molecule is Cc1cc(C)cc(NC(=O)CN(C)C(=O)CCl)c1. The summed E-state index contributed by atoms with van der Waals surface area (Å²) in [4.78, 5) is 24.2. The van der Waals surface area contributed by atoms with Crippen molar-refractivity contribution in [2.45, 2.75) is 13.8 Å². The molecule has 0 atom stereocenters. The highest BCUT2D eigenvalue weighted by atomic mass is 35.5. The van der Waals surface area contributed by atoms with Crippen LogP contribution in [0, 0.1) is 13.8 Å². The predicted molar refractivity (Wildman–Crippen MR) is 72.9 cm³/mol. The van der Waals surface area contributed by atoms with Gasteiger partial charge in [-0.3, -0.25) is 9.59 Å². The number of nitrogens with one attached hydrogen (secondary N) is 1. The van der Waals surface area contributed by atoms with E-state index in [1.165, 1.54) is 4.90 Å². The molecule has 0 heterocycles. The summed E-state index contributed by atoms with van der Waals surface area (Å²) in [6, 6.07) is 5.79. The minimum atomic E-state index is -0.271. The number of anilines is 1. The van der Waals surface area contributed by atoms with Crippen LogP contribution in [-0.2, 0) is 9.59 Å². The number of hydrogen-bond donors (Lipinski definition) is 1. The molecule has 0 fully saturated rings. The molecule has 1 aromatic rings. The topological polar surface area (TPSA) is 49.4 Å². The van der Waals surface area contributed by atoms with Crippen molar-refractivity contribution in [3.8, 4) is 0 Å². The molecule has 0 aromatic heterocycles. The normalized spacial score (nSPS) is 10.0. The van der Waals surface area contributed by atoms with E-state index in [1.807, 2.05) is 32.0 Å². The zero-order valence-electron chi connectivity index (χ0n) is 10.8. The van der Waals surface area contributed by atoms with Gasteiger partial charge < -0.3 is 10.2 Å². The molecule has 0 spiro atoms. The van der Waals surface area contributed by atoms with Gasteiger partial charge in [0.15, 0.2) is 0 Å². The Morgan fingerprint density at radius 3 is 2.28 bits per heavy atom. The number of aryl methyl sites for hydroxylation is 2. The molecule has 1 N–H and O–H groups in total. The fourth-order valence-corrected chi connectivity index (χ4v) is 1.86. The van der Waals surface area contributed by atoms with Crippen LogP contribution in [0.5, 0.6) is 0 Å². The van der Waals surface area contributed by atoms with Gasteiger partial charge in [-0.15, -0.1) is 11.6 Å². The van der Waals surface area contributed by atoms with Gasteiger partial charge in [0.2, 0.25) is 11.8 Å². The van der Waals surface area contributed by atoms with Crippen molar-refractivity contribution in [3.05, 3.63) is 29.3 Å². The molecular weight excluding hydrogens is 252 g/mol. The number of hydrogen-bond acceptors (Lipinski definition) is 2. The Labute approximate surface area is 112 Å². The minimum absolute atomic E-state index is 0.00145. The molecule has 0 aliphatic carbocycles. The van der Waals surface area contributed by atoms with Gasteiger partial charge in [-0.25, -0.2) is 0 Å². The van der Waals surface area contributed by atoms with E-state index in [0.717, 1.165) is 16.8 Å². The van der Waals surface area contributed by atoms with Gasteiger partial charge in [-0.05, 0) is 37.1 Å². The first-order valence-electron chi connectivity index (χ1n) is 5.60.